The van der Waals surface area contributed by atoms with Crippen molar-refractivity contribution in [2.75, 3.05) is 6.61 Å². The highest BCUT2D eigenvalue weighted by atomic mass is 16.7. The Balaban J connectivity index is 2.80. The van der Waals surface area contributed by atoms with Gasteiger partial charge >= 0.3 is 24.1 Å². The molecule has 10 nitrogen and oxygen atoms in total. The van der Waals surface area contributed by atoms with Crippen LogP contribution in [0.3, 0.4) is 0 Å². The van der Waals surface area contributed by atoms with Gasteiger partial charge in [0.2, 0.25) is 0 Å². The minimum absolute atomic E-state index is 0.0708. The molecular weight excluding hydrogens is 470 g/mol. The summed E-state index contributed by atoms with van der Waals surface area (Å²) in [7, 11) is 0. The van der Waals surface area contributed by atoms with Gasteiger partial charge in [0.05, 0.1) is 6.61 Å². The molecule has 0 radical (unpaired) electrons. The van der Waals surface area contributed by atoms with Crippen molar-refractivity contribution >= 4 is 24.1 Å². The summed E-state index contributed by atoms with van der Waals surface area (Å²) in [5.41, 5.74) is 6.61. The minimum atomic E-state index is -1.04. The number of carbonyl (C=O) groups excluding carboxylic acids is 4. The smallest absolute Gasteiger partial charge is 0.458 e. The van der Waals surface area contributed by atoms with E-state index in [-0.39, 0.29) is 37.4 Å². The Kier molecular flexibility index (Phi) is 14.2. The Bertz CT molecular complexity index is 871. The van der Waals surface area contributed by atoms with Gasteiger partial charge < -0.3 is 29.4 Å². The van der Waals surface area contributed by atoms with Gasteiger partial charge in [-0.15, -0.1) is 0 Å². The van der Waals surface area contributed by atoms with Crippen molar-refractivity contribution in [3.8, 4) is 11.5 Å². The van der Waals surface area contributed by atoms with Gasteiger partial charge in [-0.1, -0.05) is 33.3 Å². The number of esters is 3. The first-order valence-corrected chi connectivity index (χ1v) is 12.4. The van der Waals surface area contributed by atoms with E-state index in [1.165, 1.54) is 12.1 Å². The third-order valence-corrected chi connectivity index (χ3v) is 5.09. The Hall–Kier alpha value is -3.14. The minimum Gasteiger partial charge on any atom is -0.458 e. The Labute approximate surface area is 212 Å². The van der Waals surface area contributed by atoms with Crippen molar-refractivity contribution in [1.82, 2.24) is 0 Å². The molecule has 1 rings (SSSR count). The molecule has 0 bridgehead atoms. The lowest BCUT2D eigenvalue weighted by atomic mass is 10.1. The maximum atomic E-state index is 12.5. The topological polar surface area (TPSA) is 140 Å². The summed E-state index contributed by atoms with van der Waals surface area (Å²) in [5, 5.41) is 0. The van der Waals surface area contributed by atoms with Crippen LogP contribution in [0.2, 0.25) is 0 Å². The van der Waals surface area contributed by atoms with Crippen LogP contribution in [0.25, 0.3) is 0 Å². The van der Waals surface area contributed by atoms with Crippen molar-refractivity contribution in [3.63, 3.8) is 0 Å². The molecule has 0 aliphatic rings. The molecule has 0 spiro atoms. The third kappa shape index (κ3) is 11.5. The molecule has 0 aromatic heterocycles. The fourth-order valence-corrected chi connectivity index (χ4v) is 2.88. The lowest BCUT2D eigenvalue weighted by molar-refractivity contribution is -0.155. The Morgan fingerprint density at radius 1 is 0.833 bits per heavy atom. The molecule has 3 atom stereocenters. The number of hydrogen-bond acceptors (Lipinski definition) is 10. The summed E-state index contributed by atoms with van der Waals surface area (Å²) in [6.07, 6.45) is 0.979. The monoisotopic (exact) mass is 509 g/mol. The Morgan fingerprint density at radius 3 is 2.00 bits per heavy atom. The van der Waals surface area contributed by atoms with Crippen molar-refractivity contribution in [2.45, 2.75) is 97.8 Å². The number of benzene rings is 1. The second-order valence-electron chi connectivity index (χ2n) is 8.46. The molecule has 0 heterocycles. The zero-order chi connectivity index (χ0) is 27.1. The highest BCUT2D eigenvalue weighted by Gasteiger charge is 2.25. The van der Waals surface area contributed by atoms with Gasteiger partial charge in [-0.05, 0) is 57.2 Å². The van der Waals surface area contributed by atoms with E-state index < -0.39 is 42.3 Å². The van der Waals surface area contributed by atoms with Gasteiger partial charge in [0.1, 0.15) is 18.2 Å². The van der Waals surface area contributed by atoms with E-state index >= 15 is 0 Å². The van der Waals surface area contributed by atoms with Crippen LogP contribution >= 0.6 is 0 Å². The van der Waals surface area contributed by atoms with E-state index in [1.807, 2.05) is 20.8 Å². The van der Waals surface area contributed by atoms with E-state index in [1.54, 1.807) is 19.9 Å². The molecule has 2 N–H and O–H groups in total. The molecule has 0 saturated carbocycles. The van der Waals surface area contributed by atoms with Crippen LogP contribution in [0, 0.1) is 0 Å². The standard InChI is InChI=1S/C26H39NO9/c1-6-9-14-32-26(31)34-18(5)17(4)33-25(30)20(27)15-19-12-13-21(35-23(28)10-7-2)22(16-19)36-24(29)11-8-3/h12-13,16-18,20H,6-11,14-15,27H2,1-5H3/t17-,18-,20-/m0/s1. The predicted molar refractivity (Wildman–Crippen MR) is 132 cm³/mol. The summed E-state index contributed by atoms with van der Waals surface area (Å²) in [6, 6.07) is 3.60. The number of rotatable bonds is 15. The predicted octanol–water partition coefficient (Wildman–Crippen LogP) is 4.24. The van der Waals surface area contributed by atoms with Crippen LogP contribution in [-0.2, 0) is 35.0 Å². The second kappa shape index (κ2) is 16.5. The molecule has 36 heavy (non-hydrogen) atoms. The molecule has 1 aromatic carbocycles. The first kappa shape index (κ1) is 30.9. The number of carbonyl (C=O) groups is 4. The molecular formula is C26H39NO9. The fraction of sp³-hybridized carbons (Fsp3) is 0.615. The normalized spacial score (nSPS) is 13.2. The van der Waals surface area contributed by atoms with Gasteiger partial charge in [0.25, 0.3) is 0 Å². The van der Waals surface area contributed by atoms with Crippen molar-refractivity contribution in [1.29, 1.82) is 0 Å². The largest absolute Gasteiger partial charge is 0.508 e. The van der Waals surface area contributed by atoms with Crippen LogP contribution in [0.5, 0.6) is 11.5 Å². The Morgan fingerprint density at radius 2 is 1.42 bits per heavy atom. The van der Waals surface area contributed by atoms with Crippen LogP contribution in [0.15, 0.2) is 18.2 Å². The fourth-order valence-electron chi connectivity index (χ4n) is 2.88. The van der Waals surface area contributed by atoms with Crippen LogP contribution < -0.4 is 15.2 Å². The average Bonchev–Trinajstić information content (AvgIpc) is 2.81. The lowest BCUT2D eigenvalue weighted by Gasteiger charge is -2.22. The van der Waals surface area contributed by atoms with Crippen LogP contribution in [0.1, 0.15) is 78.7 Å². The molecule has 0 aliphatic heterocycles. The SMILES string of the molecule is CCCCOC(=O)O[C@@H](C)[C@H](C)OC(=O)[C@@H](N)Cc1ccc(OC(=O)CCC)c(OC(=O)CCC)c1. The highest BCUT2D eigenvalue weighted by Crippen LogP contribution is 2.30. The molecule has 1 aromatic rings. The highest BCUT2D eigenvalue weighted by molar-refractivity contribution is 5.77. The van der Waals surface area contributed by atoms with E-state index in [2.05, 4.69) is 0 Å². The summed E-state index contributed by atoms with van der Waals surface area (Å²) in [4.78, 5) is 48.2. The molecule has 0 fully saturated rings. The molecule has 202 valence electrons. The van der Waals surface area contributed by atoms with E-state index in [9.17, 15) is 19.2 Å². The van der Waals surface area contributed by atoms with Crippen LogP contribution in [0.4, 0.5) is 4.79 Å². The van der Waals surface area contributed by atoms with Gasteiger partial charge in [-0.2, -0.15) is 0 Å². The average molecular weight is 510 g/mol. The first-order valence-electron chi connectivity index (χ1n) is 12.4. The summed E-state index contributed by atoms with van der Waals surface area (Å²) >= 11 is 0. The second-order valence-corrected chi connectivity index (χ2v) is 8.46. The molecule has 0 unspecified atom stereocenters. The van der Waals surface area contributed by atoms with Gasteiger partial charge in [-0.3, -0.25) is 14.4 Å². The zero-order valence-corrected chi connectivity index (χ0v) is 21.9. The van der Waals surface area contributed by atoms with Crippen molar-refractivity contribution in [3.05, 3.63) is 23.8 Å². The zero-order valence-electron chi connectivity index (χ0n) is 21.9. The maximum absolute atomic E-state index is 12.5. The van der Waals surface area contributed by atoms with Gasteiger partial charge in [-0.25, -0.2) is 4.79 Å². The number of nitrogens with two attached hydrogens (primary N) is 1. The van der Waals surface area contributed by atoms with Crippen molar-refractivity contribution in [2.24, 2.45) is 5.73 Å². The quantitative estimate of drug-likeness (QED) is 0.207. The number of hydrogen-bond donors (Lipinski definition) is 1. The lowest BCUT2D eigenvalue weighted by Crippen LogP contribution is -2.39. The summed E-state index contributed by atoms with van der Waals surface area (Å²) in [5.74, 6) is -1.42. The molecule has 0 aliphatic carbocycles. The first-order chi connectivity index (χ1) is 17.1. The van der Waals surface area contributed by atoms with Crippen molar-refractivity contribution < 1.29 is 42.9 Å². The maximum Gasteiger partial charge on any atom is 0.508 e. The summed E-state index contributed by atoms with van der Waals surface area (Å²) < 4.78 is 26.1. The third-order valence-electron chi connectivity index (χ3n) is 5.09. The van der Waals surface area contributed by atoms with E-state index in [4.69, 9.17) is 29.4 Å². The van der Waals surface area contributed by atoms with Gasteiger partial charge in [0, 0.05) is 12.8 Å². The number of unbranched alkanes of at least 4 members (excludes halogenated alkanes) is 1. The molecule has 0 amide bonds. The van der Waals surface area contributed by atoms with Crippen LogP contribution in [-0.4, -0.2) is 48.9 Å². The van der Waals surface area contributed by atoms with E-state index in [0.29, 0.717) is 18.4 Å². The molecule has 0 saturated heterocycles. The van der Waals surface area contributed by atoms with E-state index in [0.717, 1.165) is 12.8 Å². The number of ether oxygens (including phenoxy) is 5. The molecule has 10 heteroatoms. The summed E-state index contributed by atoms with van der Waals surface area (Å²) in [6.45, 7) is 9.08. The van der Waals surface area contributed by atoms with Gasteiger partial charge in [0.15, 0.2) is 11.5 Å².